The van der Waals surface area contributed by atoms with E-state index in [4.69, 9.17) is 0 Å². The second-order valence-electron chi connectivity index (χ2n) is 3.69. The average Bonchev–Trinajstić information content (AvgIpc) is 2.28. The van der Waals surface area contributed by atoms with Crippen LogP contribution in [0.2, 0.25) is 0 Å². The van der Waals surface area contributed by atoms with Gasteiger partial charge in [0.1, 0.15) is 0 Å². The van der Waals surface area contributed by atoms with E-state index >= 15 is 0 Å². The molecule has 0 aliphatic carbocycles. The van der Waals surface area contributed by atoms with Crippen LogP contribution in [0.4, 0.5) is 0 Å². The van der Waals surface area contributed by atoms with Gasteiger partial charge in [-0.25, -0.2) is 0 Å². The van der Waals surface area contributed by atoms with Crippen LogP contribution >= 0.6 is 0 Å². The first-order valence-electron chi connectivity index (χ1n) is 4.88. The lowest BCUT2D eigenvalue weighted by molar-refractivity contribution is -0.129. The Morgan fingerprint density at radius 2 is 1.75 bits per heavy atom. The first kappa shape index (κ1) is 12.2. The van der Waals surface area contributed by atoms with Gasteiger partial charge in [0.15, 0.2) is 0 Å². The SMILES string of the molecule is CN(C)C(=O)CN(C)C(=O)c1ccncc1. The fraction of sp³-hybridized carbons (Fsp3) is 0.364. The third kappa shape index (κ3) is 3.05. The molecule has 0 saturated heterocycles. The molecule has 86 valence electrons. The standard InChI is InChI=1S/C11H15N3O2/c1-13(2)10(15)8-14(3)11(16)9-4-6-12-7-5-9/h4-7H,8H2,1-3H3. The second kappa shape index (κ2) is 5.25. The first-order valence-corrected chi connectivity index (χ1v) is 4.88. The molecular formula is C11H15N3O2. The van der Waals surface area contributed by atoms with Crippen LogP contribution in [0.15, 0.2) is 24.5 Å². The number of hydrogen-bond donors (Lipinski definition) is 0. The quantitative estimate of drug-likeness (QED) is 0.734. The van der Waals surface area contributed by atoms with E-state index in [1.54, 1.807) is 45.7 Å². The number of aromatic nitrogens is 1. The predicted molar refractivity (Wildman–Crippen MR) is 59.9 cm³/mol. The zero-order chi connectivity index (χ0) is 12.1. The Kier molecular flexibility index (Phi) is 3.99. The zero-order valence-electron chi connectivity index (χ0n) is 9.67. The summed E-state index contributed by atoms with van der Waals surface area (Å²) in [7, 11) is 4.92. The molecule has 0 atom stereocenters. The molecule has 0 unspecified atom stereocenters. The van der Waals surface area contributed by atoms with Gasteiger partial charge in [0, 0.05) is 39.1 Å². The number of nitrogens with zero attached hydrogens (tertiary/aromatic N) is 3. The van der Waals surface area contributed by atoms with Crippen LogP contribution in [0.3, 0.4) is 0 Å². The van der Waals surface area contributed by atoms with Crippen LogP contribution < -0.4 is 0 Å². The van der Waals surface area contributed by atoms with Crippen molar-refractivity contribution in [1.82, 2.24) is 14.8 Å². The minimum absolute atomic E-state index is 0.0775. The molecule has 0 fully saturated rings. The van der Waals surface area contributed by atoms with Crippen LogP contribution in [0.5, 0.6) is 0 Å². The van der Waals surface area contributed by atoms with Crippen LogP contribution in [0.25, 0.3) is 0 Å². The summed E-state index contributed by atoms with van der Waals surface area (Å²) in [5.74, 6) is -0.289. The van der Waals surface area contributed by atoms with Gasteiger partial charge in [-0.3, -0.25) is 14.6 Å². The monoisotopic (exact) mass is 221 g/mol. The number of hydrogen-bond acceptors (Lipinski definition) is 3. The molecule has 1 heterocycles. The van der Waals surface area contributed by atoms with Crippen molar-refractivity contribution in [3.63, 3.8) is 0 Å². The van der Waals surface area contributed by atoms with Gasteiger partial charge >= 0.3 is 0 Å². The lowest BCUT2D eigenvalue weighted by atomic mass is 10.2. The summed E-state index contributed by atoms with van der Waals surface area (Å²) in [6, 6.07) is 3.25. The van der Waals surface area contributed by atoms with Crippen molar-refractivity contribution in [3.05, 3.63) is 30.1 Å². The summed E-state index contributed by atoms with van der Waals surface area (Å²) in [4.78, 5) is 29.9. The molecule has 0 spiro atoms. The van der Waals surface area contributed by atoms with Crippen molar-refractivity contribution >= 4 is 11.8 Å². The molecular weight excluding hydrogens is 206 g/mol. The molecule has 2 amide bonds. The molecule has 0 N–H and O–H groups in total. The van der Waals surface area contributed by atoms with Gasteiger partial charge in [-0.2, -0.15) is 0 Å². The fourth-order valence-corrected chi connectivity index (χ4v) is 1.13. The predicted octanol–water partition coefficient (Wildman–Crippen LogP) is 0.242. The third-order valence-corrected chi connectivity index (χ3v) is 2.15. The third-order valence-electron chi connectivity index (χ3n) is 2.15. The highest BCUT2D eigenvalue weighted by Crippen LogP contribution is 2.01. The smallest absolute Gasteiger partial charge is 0.254 e. The Labute approximate surface area is 94.7 Å². The minimum Gasteiger partial charge on any atom is -0.347 e. The maximum atomic E-state index is 11.8. The van der Waals surface area contributed by atoms with Gasteiger partial charge in [0.25, 0.3) is 5.91 Å². The Hall–Kier alpha value is -1.91. The Bertz CT molecular complexity index is 376. The Balaban J connectivity index is 2.65. The van der Waals surface area contributed by atoms with Gasteiger partial charge in [0.05, 0.1) is 6.54 Å². The van der Waals surface area contributed by atoms with E-state index in [0.717, 1.165) is 0 Å². The Morgan fingerprint density at radius 1 is 1.19 bits per heavy atom. The molecule has 0 aromatic carbocycles. The van der Waals surface area contributed by atoms with Crippen molar-refractivity contribution < 1.29 is 9.59 Å². The zero-order valence-corrected chi connectivity index (χ0v) is 9.67. The molecule has 1 aromatic rings. The lowest BCUT2D eigenvalue weighted by Gasteiger charge is -2.19. The number of amides is 2. The number of carbonyl (C=O) groups excluding carboxylic acids is 2. The van der Waals surface area contributed by atoms with E-state index in [2.05, 4.69) is 4.98 Å². The molecule has 0 aliphatic heterocycles. The summed E-state index contributed by atoms with van der Waals surface area (Å²) in [6.07, 6.45) is 3.10. The largest absolute Gasteiger partial charge is 0.347 e. The Morgan fingerprint density at radius 3 is 2.25 bits per heavy atom. The molecule has 0 bridgehead atoms. The normalized spacial score (nSPS) is 9.69. The number of carbonyl (C=O) groups is 2. The van der Waals surface area contributed by atoms with Gasteiger partial charge in [-0.05, 0) is 12.1 Å². The topological polar surface area (TPSA) is 53.5 Å². The van der Waals surface area contributed by atoms with Gasteiger partial charge in [-0.15, -0.1) is 0 Å². The molecule has 1 rings (SSSR count). The molecule has 0 radical (unpaired) electrons. The molecule has 5 heteroatoms. The second-order valence-corrected chi connectivity index (χ2v) is 3.69. The summed E-state index contributed by atoms with van der Waals surface area (Å²) >= 11 is 0. The summed E-state index contributed by atoms with van der Waals surface area (Å²) < 4.78 is 0. The summed E-state index contributed by atoms with van der Waals surface area (Å²) in [5.41, 5.74) is 0.532. The van der Waals surface area contributed by atoms with E-state index in [1.165, 1.54) is 9.80 Å². The van der Waals surface area contributed by atoms with Gasteiger partial charge in [-0.1, -0.05) is 0 Å². The maximum Gasteiger partial charge on any atom is 0.254 e. The van der Waals surface area contributed by atoms with Crippen molar-refractivity contribution in [2.75, 3.05) is 27.7 Å². The number of pyridine rings is 1. The highest BCUT2D eigenvalue weighted by atomic mass is 16.2. The van der Waals surface area contributed by atoms with Crippen molar-refractivity contribution in [2.24, 2.45) is 0 Å². The van der Waals surface area contributed by atoms with E-state index < -0.39 is 0 Å². The van der Waals surface area contributed by atoms with E-state index in [1.807, 2.05) is 0 Å². The number of rotatable bonds is 3. The first-order chi connectivity index (χ1) is 7.52. The molecule has 1 aromatic heterocycles. The van der Waals surface area contributed by atoms with Crippen molar-refractivity contribution in [2.45, 2.75) is 0 Å². The van der Waals surface area contributed by atoms with Crippen LogP contribution in [-0.2, 0) is 4.79 Å². The summed E-state index contributed by atoms with van der Waals surface area (Å²) in [5, 5.41) is 0. The minimum atomic E-state index is -0.183. The van der Waals surface area contributed by atoms with Crippen LogP contribution in [-0.4, -0.2) is 54.3 Å². The molecule has 0 saturated carbocycles. The van der Waals surface area contributed by atoms with E-state index in [-0.39, 0.29) is 18.4 Å². The van der Waals surface area contributed by atoms with Crippen LogP contribution in [0.1, 0.15) is 10.4 Å². The highest BCUT2D eigenvalue weighted by molar-refractivity contribution is 5.96. The van der Waals surface area contributed by atoms with E-state index in [0.29, 0.717) is 5.56 Å². The maximum absolute atomic E-state index is 11.8. The van der Waals surface area contributed by atoms with Crippen LogP contribution in [0, 0.1) is 0 Å². The molecule has 0 aliphatic rings. The molecule has 5 nitrogen and oxygen atoms in total. The number of likely N-dealkylation sites (N-methyl/N-ethyl adjacent to an activating group) is 2. The summed E-state index contributed by atoms with van der Waals surface area (Å²) in [6.45, 7) is 0.0775. The highest BCUT2D eigenvalue weighted by Gasteiger charge is 2.15. The van der Waals surface area contributed by atoms with Gasteiger partial charge in [0.2, 0.25) is 5.91 Å². The van der Waals surface area contributed by atoms with E-state index in [9.17, 15) is 9.59 Å². The molecule has 16 heavy (non-hydrogen) atoms. The van der Waals surface area contributed by atoms with Crippen molar-refractivity contribution in [3.8, 4) is 0 Å². The fourth-order valence-electron chi connectivity index (χ4n) is 1.13. The lowest BCUT2D eigenvalue weighted by Crippen LogP contribution is -2.37. The van der Waals surface area contributed by atoms with Gasteiger partial charge < -0.3 is 9.80 Å². The average molecular weight is 221 g/mol. The van der Waals surface area contributed by atoms with Crippen molar-refractivity contribution in [1.29, 1.82) is 0 Å².